The zero-order valence-electron chi connectivity index (χ0n) is 16.0. The van der Waals surface area contributed by atoms with Gasteiger partial charge in [0.2, 0.25) is 0 Å². The van der Waals surface area contributed by atoms with Crippen LogP contribution in [0.4, 0.5) is 13.2 Å². The van der Waals surface area contributed by atoms with Gasteiger partial charge in [-0.2, -0.15) is 18.2 Å². The fourth-order valence-corrected chi connectivity index (χ4v) is 4.10. The van der Waals surface area contributed by atoms with Gasteiger partial charge >= 0.3 is 12.1 Å². The number of carbonyl (C=O) groups excluding carboxylic acids is 2. The number of amides is 2. The van der Waals surface area contributed by atoms with E-state index in [1.54, 1.807) is 6.07 Å². The van der Waals surface area contributed by atoms with Crippen molar-refractivity contribution in [3.05, 3.63) is 70.8 Å². The van der Waals surface area contributed by atoms with Gasteiger partial charge in [0.1, 0.15) is 5.84 Å². The number of aliphatic imine (C=N–C) groups is 1. The van der Waals surface area contributed by atoms with Crippen molar-refractivity contribution in [3.8, 4) is 0 Å². The van der Waals surface area contributed by atoms with Crippen LogP contribution in [-0.2, 0) is 17.8 Å². The van der Waals surface area contributed by atoms with Crippen LogP contribution in [0, 0.1) is 5.92 Å². The lowest BCUT2D eigenvalue weighted by atomic mass is 9.75. The van der Waals surface area contributed by atoms with Gasteiger partial charge in [0, 0.05) is 23.7 Å². The van der Waals surface area contributed by atoms with E-state index in [0.29, 0.717) is 18.0 Å². The third kappa shape index (κ3) is 3.81. The Labute approximate surface area is 171 Å². The van der Waals surface area contributed by atoms with E-state index >= 15 is 0 Å². The number of carbonyl (C=O) groups is 2. The van der Waals surface area contributed by atoms with Crippen LogP contribution in [0.15, 0.2) is 53.5 Å². The summed E-state index contributed by atoms with van der Waals surface area (Å²) in [6.07, 6.45) is -2.22. The number of halogens is 3. The van der Waals surface area contributed by atoms with E-state index in [-0.39, 0.29) is 17.5 Å². The van der Waals surface area contributed by atoms with E-state index in [0.717, 1.165) is 24.8 Å². The van der Waals surface area contributed by atoms with Crippen molar-refractivity contribution in [1.82, 2.24) is 4.90 Å². The van der Waals surface area contributed by atoms with Gasteiger partial charge in [-0.1, -0.05) is 42.5 Å². The topological polar surface area (TPSA) is 75.8 Å². The summed E-state index contributed by atoms with van der Waals surface area (Å²) in [5, 5.41) is 0. The number of fused-ring (bicyclic) bond motifs is 1. The minimum Gasteiger partial charge on any atom is -0.383 e. The number of nitrogens with two attached hydrogens (primary N) is 1. The first-order valence-corrected chi connectivity index (χ1v) is 9.67. The Bertz CT molecular complexity index is 1020. The molecule has 1 aliphatic heterocycles. The number of benzene rings is 2. The molecule has 2 aliphatic rings. The van der Waals surface area contributed by atoms with Crippen LogP contribution < -0.4 is 5.73 Å². The first kappa shape index (κ1) is 20.1. The van der Waals surface area contributed by atoms with Crippen molar-refractivity contribution in [1.29, 1.82) is 0 Å². The average Bonchev–Trinajstić information content (AvgIpc) is 3.01. The number of alkyl halides is 3. The third-order valence-electron chi connectivity index (χ3n) is 5.82. The van der Waals surface area contributed by atoms with Crippen LogP contribution in [0.2, 0.25) is 0 Å². The summed E-state index contributed by atoms with van der Waals surface area (Å²) in [4.78, 5) is 28.8. The molecule has 4 rings (SSSR count). The molecule has 2 aromatic rings. The van der Waals surface area contributed by atoms with Crippen molar-refractivity contribution in [2.45, 2.75) is 38.0 Å². The van der Waals surface area contributed by atoms with Crippen LogP contribution >= 0.6 is 0 Å². The summed E-state index contributed by atoms with van der Waals surface area (Å²) in [6.45, 7) is 0.461. The highest BCUT2D eigenvalue weighted by molar-refractivity contribution is 6.07. The minimum atomic E-state index is -5.09. The second-order valence-corrected chi connectivity index (χ2v) is 7.70. The van der Waals surface area contributed by atoms with E-state index in [1.165, 1.54) is 17.7 Å². The molecule has 8 heteroatoms. The van der Waals surface area contributed by atoms with Crippen LogP contribution in [0.1, 0.15) is 39.9 Å². The number of rotatable bonds is 4. The molecule has 0 bridgehead atoms. The number of hydrogen-bond acceptors (Lipinski definition) is 2. The second kappa shape index (κ2) is 7.59. The molecular formula is C22H20F3N3O2. The fraction of sp³-hybridized carbons (Fsp3) is 0.318. The summed E-state index contributed by atoms with van der Waals surface area (Å²) in [5.74, 6) is -2.62. The summed E-state index contributed by atoms with van der Waals surface area (Å²) in [7, 11) is 0. The zero-order chi connectivity index (χ0) is 21.5. The van der Waals surface area contributed by atoms with Gasteiger partial charge in [0.05, 0.1) is 0 Å². The second-order valence-electron chi connectivity index (χ2n) is 7.70. The smallest absolute Gasteiger partial charge is 0.383 e. The van der Waals surface area contributed by atoms with E-state index in [2.05, 4.69) is 17.1 Å². The first-order chi connectivity index (χ1) is 14.2. The maximum Gasteiger partial charge on any atom is 0.473 e. The lowest BCUT2D eigenvalue weighted by molar-refractivity contribution is -0.169. The maximum atomic E-state index is 13.0. The highest BCUT2D eigenvalue weighted by atomic mass is 19.4. The van der Waals surface area contributed by atoms with Crippen LogP contribution in [0.25, 0.3) is 0 Å². The molecule has 1 fully saturated rings. The molecule has 0 saturated heterocycles. The molecule has 0 aromatic heterocycles. The molecule has 0 spiro atoms. The van der Waals surface area contributed by atoms with Crippen LogP contribution in [0.5, 0.6) is 0 Å². The van der Waals surface area contributed by atoms with Gasteiger partial charge in [-0.3, -0.25) is 9.59 Å². The predicted molar refractivity (Wildman–Crippen MR) is 105 cm³/mol. The van der Waals surface area contributed by atoms with Crippen molar-refractivity contribution in [3.63, 3.8) is 0 Å². The van der Waals surface area contributed by atoms with E-state index in [4.69, 9.17) is 5.73 Å². The average molecular weight is 415 g/mol. The Balaban J connectivity index is 1.50. The molecule has 5 nitrogen and oxygen atoms in total. The lowest BCUT2D eigenvalue weighted by Gasteiger charge is -2.43. The molecular weight excluding hydrogens is 395 g/mol. The normalized spacial score (nSPS) is 21.4. The summed E-state index contributed by atoms with van der Waals surface area (Å²) in [5.41, 5.74) is 8.12. The highest BCUT2D eigenvalue weighted by Crippen LogP contribution is 2.39. The molecule has 1 unspecified atom stereocenters. The first-order valence-electron chi connectivity index (χ1n) is 9.67. The fourth-order valence-electron chi connectivity index (χ4n) is 4.10. The van der Waals surface area contributed by atoms with Crippen LogP contribution in [-0.4, -0.2) is 34.8 Å². The third-order valence-corrected chi connectivity index (χ3v) is 5.82. The largest absolute Gasteiger partial charge is 0.473 e. The lowest BCUT2D eigenvalue weighted by Crippen LogP contribution is -2.48. The molecule has 0 radical (unpaired) electrons. The molecule has 1 heterocycles. The van der Waals surface area contributed by atoms with Gasteiger partial charge in [-0.15, -0.1) is 0 Å². The number of nitrogens with zero attached hydrogens (tertiary/aromatic N) is 2. The summed E-state index contributed by atoms with van der Waals surface area (Å²) in [6, 6.07) is 14.8. The maximum absolute atomic E-state index is 13.0. The van der Waals surface area contributed by atoms with Gasteiger partial charge < -0.3 is 10.6 Å². The molecule has 1 aliphatic carbocycles. The van der Waals surface area contributed by atoms with Gasteiger partial charge in [-0.05, 0) is 42.4 Å². The van der Waals surface area contributed by atoms with E-state index < -0.39 is 17.9 Å². The zero-order valence-corrected chi connectivity index (χ0v) is 16.0. The quantitative estimate of drug-likeness (QED) is 0.614. The van der Waals surface area contributed by atoms with Gasteiger partial charge in [-0.25, -0.2) is 0 Å². The van der Waals surface area contributed by atoms with Crippen molar-refractivity contribution in [2.75, 3.05) is 0 Å². The highest BCUT2D eigenvalue weighted by Gasteiger charge is 2.42. The van der Waals surface area contributed by atoms with E-state index in [9.17, 15) is 22.8 Å². The molecule has 2 N–H and O–H groups in total. The SMILES string of the molecule is NC(=NC(=O)C(F)(F)F)c1ccc2c(c1)C(=O)N(C1CC[C@@H]1Cc1ccccc1)C2. The Kier molecular flexibility index (Phi) is 5.09. The van der Waals surface area contributed by atoms with Crippen LogP contribution in [0.3, 0.4) is 0 Å². The monoisotopic (exact) mass is 415 g/mol. The van der Waals surface area contributed by atoms with Crippen molar-refractivity contribution >= 4 is 17.6 Å². The van der Waals surface area contributed by atoms with Crippen molar-refractivity contribution < 1.29 is 22.8 Å². The molecule has 156 valence electrons. The molecule has 2 atom stereocenters. The Morgan fingerprint density at radius 2 is 1.87 bits per heavy atom. The predicted octanol–water partition coefficient (Wildman–Crippen LogP) is 3.46. The van der Waals surface area contributed by atoms with Gasteiger partial charge in [0.15, 0.2) is 0 Å². The minimum absolute atomic E-state index is 0.121. The summed E-state index contributed by atoms with van der Waals surface area (Å²) >= 11 is 0. The number of hydrogen-bond donors (Lipinski definition) is 1. The standard InChI is InChI=1S/C22H20F3N3O2/c23-22(24,25)21(30)27-19(26)15-6-7-16-12-28(20(29)17(16)11-15)18-9-8-14(18)10-13-4-2-1-3-5-13/h1-7,11,14,18H,8-10,12H2,(H2,26,27,30)/t14-,18?/m1/s1. The molecule has 30 heavy (non-hydrogen) atoms. The Morgan fingerprint density at radius 1 is 1.13 bits per heavy atom. The van der Waals surface area contributed by atoms with E-state index in [1.807, 2.05) is 23.1 Å². The molecule has 1 saturated carbocycles. The molecule has 2 amide bonds. The molecule has 2 aromatic carbocycles. The summed E-state index contributed by atoms with van der Waals surface area (Å²) < 4.78 is 37.2. The Morgan fingerprint density at radius 3 is 2.50 bits per heavy atom. The van der Waals surface area contributed by atoms with Crippen molar-refractivity contribution in [2.24, 2.45) is 16.6 Å². The van der Waals surface area contributed by atoms with Gasteiger partial charge in [0.25, 0.3) is 5.91 Å². The number of amidine groups is 1. The Hall–Kier alpha value is -3.16.